The van der Waals surface area contributed by atoms with Gasteiger partial charge in [0.1, 0.15) is 5.82 Å². The minimum Gasteiger partial charge on any atom is -0.334 e. The number of hydrogen-bond acceptors (Lipinski definition) is 2. The lowest BCUT2D eigenvalue weighted by molar-refractivity contribution is -0.596. The summed E-state index contributed by atoms with van der Waals surface area (Å²) in [5.74, 6) is -1.23. The van der Waals surface area contributed by atoms with E-state index < -0.39 is 23.8 Å². The molecule has 0 spiro atoms. The van der Waals surface area contributed by atoms with Crippen molar-refractivity contribution in [3.8, 4) is 0 Å². The summed E-state index contributed by atoms with van der Waals surface area (Å²) < 4.78 is 14.8. The van der Waals surface area contributed by atoms with Gasteiger partial charge in [0.15, 0.2) is 6.04 Å². The third-order valence-electron chi connectivity index (χ3n) is 4.83. The number of nitrogens with one attached hydrogen (secondary N) is 2. The summed E-state index contributed by atoms with van der Waals surface area (Å²) in [7, 11) is 0. The summed E-state index contributed by atoms with van der Waals surface area (Å²) in [6, 6.07) is 20.5. The van der Waals surface area contributed by atoms with Crippen LogP contribution in [0.2, 0.25) is 5.02 Å². The van der Waals surface area contributed by atoms with Crippen LogP contribution in [-0.4, -0.2) is 28.8 Å². The molecule has 2 amide bonds. The third kappa shape index (κ3) is 4.23. The van der Waals surface area contributed by atoms with Gasteiger partial charge in [0.2, 0.25) is 12.3 Å². The van der Waals surface area contributed by atoms with Crippen molar-refractivity contribution in [1.82, 2.24) is 10.7 Å². The van der Waals surface area contributed by atoms with E-state index in [9.17, 15) is 14.0 Å². The molecule has 2 atom stereocenters. The molecule has 4 rings (SSSR count). The van der Waals surface area contributed by atoms with Crippen LogP contribution in [0.3, 0.4) is 0 Å². The molecule has 0 unspecified atom stereocenters. The largest absolute Gasteiger partial charge is 0.334 e. The van der Waals surface area contributed by atoms with E-state index in [4.69, 9.17) is 11.6 Å². The minimum atomic E-state index is -0.839. The van der Waals surface area contributed by atoms with Gasteiger partial charge in [0.25, 0.3) is 5.91 Å². The summed E-state index contributed by atoms with van der Waals surface area (Å²) in [6.45, 7) is 0. The molecule has 3 aromatic carbocycles. The van der Waals surface area contributed by atoms with E-state index in [2.05, 4.69) is 10.7 Å². The second-order valence-corrected chi connectivity index (χ2v) is 7.31. The fourth-order valence-electron chi connectivity index (χ4n) is 3.37. The van der Waals surface area contributed by atoms with Gasteiger partial charge in [-0.2, -0.15) is 0 Å². The molecule has 30 heavy (non-hydrogen) atoms. The standard InChI is InChI=1S/C23H17ClFN3O2/c24-18-10-6-15(7-11-18)14-28-21(16-4-2-1-3-5-16)20(23(30)27-28)26-22(29)17-8-12-19(25)13-9-17/h1-14,20-21H,(H-,26,27,29,30)/p+1/b28-14-/t20-,21+/m0/s1. The minimum absolute atomic E-state index is 0.274. The molecule has 0 aromatic heterocycles. The van der Waals surface area contributed by atoms with E-state index in [0.717, 1.165) is 11.1 Å². The predicted octanol–water partition coefficient (Wildman–Crippen LogP) is 3.50. The molecule has 150 valence electrons. The van der Waals surface area contributed by atoms with Gasteiger partial charge in [-0.1, -0.05) is 41.9 Å². The highest BCUT2D eigenvalue weighted by molar-refractivity contribution is 6.30. The highest BCUT2D eigenvalue weighted by Crippen LogP contribution is 2.25. The van der Waals surface area contributed by atoms with Crippen LogP contribution in [0.4, 0.5) is 4.39 Å². The lowest BCUT2D eigenvalue weighted by atomic mass is 10.00. The van der Waals surface area contributed by atoms with E-state index in [-0.39, 0.29) is 11.5 Å². The van der Waals surface area contributed by atoms with Crippen LogP contribution in [0.1, 0.15) is 27.5 Å². The second-order valence-electron chi connectivity index (χ2n) is 6.88. The lowest BCUT2D eigenvalue weighted by Gasteiger charge is -2.14. The zero-order valence-corrected chi connectivity index (χ0v) is 16.5. The number of carbonyl (C=O) groups is 2. The first kappa shape index (κ1) is 19.8. The molecular formula is C23H18ClFN3O2+. The number of amides is 2. The van der Waals surface area contributed by atoms with Crippen LogP contribution in [0, 0.1) is 5.82 Å². The number of hydrazine groups is 1. The first-order valence-corrected chi connectivity index (χ1v) is 9.70. The van der Waals surface area contributed by atoms with Crippen LogP contribution in [0.5, 0.6) is 0 Å². The molecule has 5 nitrogen and oxygen atoms in total. The molecule has 0 aliphatic carbocycles. The van der Waals surface area contributed by atoms with E-state index >= 15 is 0 Å². The van der Waals surface area contributed by atoms with Crippen molar-refractivity contribution >= 4 is 29.6 Å². The maximum atomic E-state index is 13.2. The topological polar surface area (TPSA) is 61.2 Å². The van der Waals surface area contributed by atoms with Crippen molar-refractivity contribution < 1.29 is 18.7 Å². The van der Waals surface area contributed by atoms with Crippen molar-refractivity contribution in [3.05, 3.63) is 106 Å². The average molecular weight is 423 g/mol. The van der Waals surface area contributed by atoms with Crippen LogP contribution < -0.4 is 10.7 Å². The number of halogens is 2. The Kier molecular flexibility index (Phi) is 5.59. The first-order valence-electron chi connectivity index (χ1n) is 9.32. The summed E-state index contributed by atoms with van der Waals surface area (Å²) in [4.78, 5) is 25.4. The van der Waals surface area contributed by atoms with Crippen molar-refractivity contribution in [3.63, 3.8) is 0 Å². The van der Waals surface area contributed by atoms with E-state index in [1.54, 1.807) is 23.0 Å². The average Bonchev–Trinajstić information content (AvgIpc) is 3.05. The molecule has 1 fully saturated rings. The lowest BCUT2D eigenvalue weighted by Crippen LogP contribution is -2.42. The monoisotopic (exact) mass is 422 g/mol. The van der Waals surface area contributed by atoms with Crippen molar-refractivity contribution in [2.75, 3.05) is 0 Å². The summed E-state index contributed by atoms with van der Waals surface area (Å²) >= 11 is 5.96. The molecule has 0 saturated carbocycles. The Balaban J connectivity index is 1.68. The van der Waals surface area contributed by atoms with Crippen molar-refractivity contribution in [1.29, 1.82) is 0 Å². The number of hydrazone groups is 1. The molecule has 3 aromatic rings. The van der Waals surface area contributed by atoms with Gasteiger partial charge >= 0.3 is 5.91 Å². The van der Waals surface area contributed by atoms with E-state index in [0.29, 0.717) is 5.02 Å². The van der Waals surface area contributed by atoms with Gasteiger partial charge in [-0.3, -0.25) is 9.59 Å². The van der Waals surface area contributed by atoms with Gasteiger partial charge in [-0.05, 0) is 48.5 Å². The molecule has 1 aliphatic rings. The number of hydrogen-bond donors (Lipinski definition) is 2. The van der Waals surface area contributed by atoms with Crippen LogP contribution in [0.15, 0.2) is 78.9 Å². The Labute approximate surface area is 177 Å². The maximum absolute atomic E-state index is 13.2. The van der Waals surface area contributed by atoms with Crippen LogP contribution >= 0.6 is 11.6 Å². The third-order valence-corrected chi connectivity index (χ3v) is 5.08. The maximum Gasteiger partial charge on any atom is 0.304 e. The predicted molar refractivity (Wildman–Crippen MR) is 112 cm³/mol. The summed E-state index contributed by atoms with van der Waals surface area (Å²) in [6.07, 6.45) is 1.79. The molecule has 1 heterocycles. The van der Waals surface area contributed by atoms with E-state index in [1.165, 1.54) is 24.3 Å². The molecule has 1 saturated heterocycles. The number of carbonyl (C=O) groups excluding carboxylic acids is 2. The molecule has 0 radical (unpaired) electrons. The Morgan fingerprint density at radius 2 is 1.67 bits per heavy atom. The SMILES string of the molecule is O=C(N[C@@H]1C(=O)N/[N+](=C\c2ccc(Cl)cc2)[C@@H]1c1ccccc1)c1ccc(F)cc1. The molecular weight excluding hydrogens is 405 g/mol. The van der Waals surface area contributed by atoms with Gasteiger partial charge < -0.3 is 5.32 Å². The second kappa shape index (κ2) is 8.47. The Morgan fingerprint density at radius 1 is 1.00 bits per heavy atom. The van der Waals surface area contributed by atoms with Gasteiger partial charge in [0, 0.05) is 21.7 Å². The molecule has 7 heteroatoms. The number of benzene rings is 3. The van der Waals surface area contributed by atoms with Crippen LogP contribution in [-0.2, 0) is 4.79 Å². The Bertz CT molecular complexity index is 1100. The quantitative estimate of drug-likeness (QED) is 0.632. The van der Waals surface area contributed by atoms with Crippen molar-refractivity contribution in [2.45, 2.75) is 12.1 Å². The summed E-state index contributed by atoms with van der Waals surface area (Å²) in [5.41, 5.74) is 4.78. The van der Waals surface area contributed by atoms with Crippen molar-refractivity contribution in [2.24, 2.45) is 0 Å². The fourth-order valence-corrected chi connectivity index (χ4v) is 3.49. The molecule has 1 aliphatic heterocycles. The highest BCUT2D eigenvalue weighted by Gasteiger charge is 2.47. The Morgan fingerprint density at radius 3 is 2.33 bits per heavy atom. The Hall–Kier alpha value is -3.51. The summed E-state index contributed by atoms with van der Waals surface area (Å²) in [5, 5.41) is 3.39. The fraction of sp³-hybridized carbons (Fsp3) is 0.0870. The normalized spacial score (nSPS) is 19.5. The highest BCUT2D eigenvalue weighted by atomic mass is 35.5. The van der Waals surface area contributed by atoms with Gasteiger partial charge in [-0.25, -0.2) is 4.39 Å². The van der Waals surface area contributed by atoms with Gasteiger partial charge in [-0.15, -0.1) is 10.1 Å². The van der Waals surface area contributed by atoms with E-state index in [1.807, 2.05) is 42.5 Å². The smallest absolute Gasteiger partial charge is 0.304 e. The zero-order valence-electron chi connectivity index (χ0n) is 15.8. The number of nitrogens with zero attached hydrogens (tertiary/aromatic N) is 1. The molecule has 0 bridgehead atoms. The first-order chi connectivity index (χ1) is 14.5. The number of rotatable bonds is 4. The van der Waals surface area contributed by atoms with Gasteiger partial charge in [0.05, 0.1) is 0 Å². The van der Waals surface area contributed by atoms with Crippen LogP contribution in [0.25, 0.3) is 0 Å². The molecule has 2 N–H and O–H groups in total. The zero-order chi connectivity index (χ0) is 21.1.